The minimum absolute atomic E-state index is 0. The van der Waals surface area contributed by atoms with Crippen molar-refractivity contribution in [1.82, 2.24) is 20.4 Å². The lowest BCUT2D eigenvalue weighted by Gasteiger charge is -2.13. The van der Waals surface area contributed by atoms with E-state index in [1.807, 2.05) is 48.1 Å². The second kappa shape index (κ2) is 15.2. The highest BCUT2D eigenvalue weighted by molar-refractivity contribution is 14.0. The molecule has 0 spiro atoms. The fourth-order valence-corrected chi connectivity index (χ4v) is 2.48. The lowest BCUT2D eigenvalue weighted by molar-refractivity contribution is 0.145. The molecule has 1 aromatic heterocycles. The van der Waals surface area contributed by atoms with Crippen LogP contribution < -0.4 is 15.4 Å². The molecular weight excluding hydrogens is 469 g/mol. The van der Waals surface area contributed by atoms with E-state index in [1.54, 1.807) is 13.3 Å². The van der Waals surface area contributed by atoms with Crippen molar-refractivity contribution < 1.29 is 9.47 Å². The molecule has 1 aromatic carbocycles. The molecule has 8 heteroatoms. The zero-order valence-electron chi connectivity index (χ0n) is 16.8. The lowest BCUT2D eigenvalue weighted by Crippen LogP contribution is -2.39. The Morgan fingerprint density at radius 1 is 1.14 bits per heavy atom. The van der Waals surface area contributed by atoms with Crippen molar-refractivity contribution in [3.63, 3.8) is 0 Å². The van der Waals surface area contributed by atoms with E-state index >= 15 is 0 Å². The minimum atomic E-state index is 0. The highest BCUT2D eigenvalue weighted by atomic mass is 127. The molecule has 2 N–H and O–H groups in total. The molecule has 0 atom stereocenters. The number of aromatic nitrogens is 2. The van der Waals surface area contributed by atoms with Gasteiger partial charge in [0.15, 0.2) is 5.96 Å². The smallest absolute Gasteiger partial charge is 0.191 e. The van der Waals surface area contributed by atoms with Gasteiger partial charge in [0.1, 0.15) is 5.75 Å². The van der Waals surface area contributed by atoms with Crippen LogP contribution in [-0.4, -0.2) is 49.2 Å². The molecule has 0 saturated heterocycles. The first-order valence-electron chi connectivity index (χ1n) is 9.52. The molecule has 0 bridgehead atoms. The van der Waals surface area contributed by atoms with E-state index in [-0.39, 0.29) is 24.0 Å². The third-order valence-corrected chi connectivity index (χ3v) is 3.96. The Kier molecular flexibility index (Phi) is 13.1. The molecule has 0 unspecified atom stereocenters. The van der Waals surface area contributed by atoms with Crippen molar-refractivity contribution in [2.45, 2.75) is 32.9 Å². The average molecular weight is 501 g/mol. The summed E-state index contributed by atoms with van der Waals surface area (Å²) in [5, 5.41) is 11.0. The number of aliphatic imine (C=N–C) groups is 1. The molecule has 0 aliphatic rings. The first kappa shape index (κ1) is 24.2. The molecule has 0 aliphatic heterocycles. The van der Waals surface area contributed by atoms with Crippen LogP contribution in [0, 0.1) is 0 Å². The summed E-state index contributed by atoms with van der Waals surface area (Å²) in [7, 11) is 1.67. The number of aryl methyl sites for hydroxylation is 1. The Hall–Kier alpha value is -1.81. The van der Waals surface area contributed by atoms with Gasteiger partial charge in [0.25, 0.3) is 0 Å². The zero-order chi connectivity index (χ0) is 19.2. The standard InChI is InChI=1S/C20H31N5O2.HI/c1-3-27-16-6-12-22-20(21-11-4-14-25-15-5-13-24-25)23-17-18-7-9-19(26-2)10-8-18;/h5,7-10,13,15H,3-4,6,11-12,14,16-17H2,1-2H3,(H2,21,22,23);1H. The third-order valence-electron chi connectivity index (χ3n) is 3.96. The van der Waals surface area contributed by atoms with Crippen molar-refractivity contribution in [3.05, 3.63) is 48.3 Å². The number of hydrogen-bond donors (Lipinski definition) is 2. The number of halogens is 1. The quantitative estimate of drug-likeness (QED) is 0.203. The van der Waals surface area contributed by atoms with Crippen molar-refractivity contribution in [2.75, 3.05) is 33.4 Å². The Morgan fingerprint density at radius 3 is 2.54 bits per heavy atom. The van der Waals surface area contributed by atoms with Crippen LogP contribution in [0.15, 0.2) is 47.7 Å². The van der Waals surface area contributed by atoms with Crippen molar-refractivity contribution in [1.29, 1.82) is 0 Å². The Morgan fingerprint density at radius 2 is 1.89 bits per heavy atom. The van der Waals surface area contributed by atoms with E-state index in [4.69, 9.17) is 14.5 Å². The number of guanidine groups is 1. The molecule has 0 radical (unpaired) electrons. The first-order chi connectivity index (χ1) is 13.3. The van der Waals surface area contributed by atoms with E-state index < -0.39 is 0 Å². The molecule has 0 amide bonds. The van der Waals surface area contributed by atoms with E-state index in [0.717, 1.165) is 63.0 Å². The fourth-order valence-electron chi connectivity index (χ4n) is 2.48. The van der Waals surface area contributed by atoms with Crippen molar-refractivity contribution >= 4 is 29.9 Å². The topological polar surface area (TPSA) is 72.7 Å². The zero-order valence-corrected chi connectivity index (χ0v) is 19.1. The average Bonchev–Trinajstić information content (AvgIpc) is 3.22. The molecule has 156 valence electrons. The molecule has 1 heterocycles. The van der Waals surface area contributed by atoms with Gasteiger partial charge in [0.05, 0.1) is 13.7 Å². The van der Waals surface area contributed by atoms with Crippen LogP contribution in [0.4, 0.5) is 0 Å². The molecule has 2 aromatic rings. The Bertz CT molecular complexity index is 647. The number of methoxy groups -OCH3 is 1. The Balaban J connectivity index is 0.00000392. The number of hydrogen-bond acceptors (Lipinski definition) is 4. The molecular formula is C20H32IN5O2. The summed E-state index contributed by atoms with van der Waals surface area (Å²) in [6, 6.07) is 9.92. The molecule has 28 heavy (non-hydrogen) atoms. The third kappa shape index (κ3) is 9.93. The van der Waals surface area contributed by atoms with Crippen molar-refractivity contribution in [3.8, 4) is 5.75 Å². The second-order valence-corrected chi connectivity index (χ2v) is 6.04. The normalized spacial score (nSPS) is 11.0. The monoisotopic (exact) mass is 501 g/mol. The summed E-state index contributed by atoms with van der Waals surface area (Å²) in [5.74, 6) is 1.68. The van der Waals surface area contributed by atoms with E-state index in [0.29, 0.717) is 6.54 Å². The van der Waals surface area contributed by atoms with Gasteiger partial charge >= 0.3 is 0 Å². The van der Waals surface area contributed by atoms with Gasteiger partial charge in [-0.05, 0) is 43.5 Å². The van der Waals surface area contributed by atoms with E-state index in [9.17, 15) is 0 Å². The first-order valence-corrected chi connectivity index (χ1v) is 9.52. The van der Waals surface area contributed by atoms with E-state index in [2.05, 4.69) is 15.7 Å². The maximum Gasteiger partial charge on any atom is 0.191 e. The van der Waals surface area contributed by atoms with Gasteiger partial charge in [-0.25, -0.2) is 4.99 Å². The van der Waals surface area contributed by atoms with Crippen LogP contribution in [0.3, 0.4) is 0 Å². The number of nitrogens with one attached hydrogen (secondary N) is 2. The van der Waals surface area contributed by atoms with Crippen LogP contribution in [-0.2, 0) is 17.8 Å². The van der Waals surface area contributed by atoms with E-state index in [1.165, 1.54) is 0 Å². The highest BCUT2D eigenvalue weighted by Gasteiger charge is 2.00. The predicted octanol–water partition coefficient (Wildman–Crippen LogP) is 3.06. The van der Waals surface area contributed by atoms with Gasteiger partial charge in [0.2, 0.25) is 0 Å². The molecule has 2 rings (SSSR count). The second-order valence-electron chi connectivity index (χ2n) is 6.04. The molecule has 0 aliphatic carbocycles. The van der Waals surface area contributed by atoms with Gasteiger partial charge < -0.3 is 20.1 Å². The van der Waals surface area contributed by atoms with Gasteiger partial charge in [0, 0.05) is 45.2 Å². The minimum Gasteiger partial charge on any atom is -0.497 e. The summed E-state index contributed by atoms with van der Waals surface area (Å²) >= 11 is 0. The number of nitrogens with zero attached hydrogens (tertiary/aromatic N) is 3. The lowest BCUT2D eigenvalue weighted by atomic mass is 10.2. The highest BCUT2D eigenvalue weighted by Crippen LogP contribution is 2.11. The van der Waals surface area contributed by atoms with Gasteiger partial charge in [-0.15, -0.1) is 24.0 Å². The number of rotatable bonds is 12. The SMILES string of the molecule is CCOCCCNC(=NCc1ccc(OC)cc1)NCCCn1cccn1.I. The van der Waals surface area contributed by atoms with Gasteiger partial charge in [-0.1, -0.05) is 12.1 Å². The summed E-state index contributed by atoms with van der Waals surface area (Å²) < 4.78 is 12.5. The Labute approximate surface area is 184 Å². The van der Waals surface area contributed by atoms with Crippen LogP contribution >= 0.6 is 24.0 Å². The predicted molar refractivity (Wildman–Crippen MR) is 124 cm³/mol. The van der Waals surface area contributed by atoms with Gasteiger partial charge in [-0.2, -0.15) is 5.10 Å². The maximum atomic E-state index is 5.38. The molecule has 0 fully saturated rings. The largest absolute Gasteiger partial charge is 0.497 e. The summed E-state index contributed by atoms with van der Waals surface area (Å²) in [5.41, 5.74) is 1.14. The molecule has 7 nitrogen and oxygen atoms in total. The summed E-state index contributed by atoms with van der Waals surface area (Å²) in [4.78, 5) is 4.69. The number of ether oxygens (including phenoxy) is 2. The van der Waals surface area contributed by atoms with Crippen LogP contribution in [0.5, 0.6) is 5.75 Å². The number of benzene rings is 1. The van der Waals surface area contributed by atoms with Gasteiger partial charge in [-0.3, -0.25) is 4.68 Å². The van der Waals surface area contributed by atoms with Crippen LogP contribution in [0.2, 0.25) is 0 Å². The van der Waals surface area contributed by atoms with Crippen LogP contribution in [0.25, 0.3) is 0 Å². The van der Waals surface area contributed by atoms with Crippen LogP contribution in [0.1, 0.15) is 25.3 Å². The maximum absolute atomic E-state index is 5.38. The fraction of sp³-hybridized carbons (Fsp3) is 0.500. The summed E-state index contributed by atoms with van der Waals surface area (Å²) in [6.45, 7) is 6.68. The van der Waals surface area contributed by atoms with Crippen molar-refractivity contribution in [2.24, 2.45) is 4.99 Å². The summed E-state index contributed by atoms with van der Waals surface area (Å²) in [6.07, 6.45) is 5.70. The molecule has 0 saturated carbocycles.